The van der Waals surface area contributed by atoms with Crippen LogP contribution in [0.25, 0.3) is 44.7 Å². The van der Waals surface area contributed by atoms with E-state index in [4.69, 9.17) is 4.98 Å². The van der Waals surface area contributed by atoms with Gasteiger partial charge in [0.2, 0.25) is 5.78 Å². The third-order valence-electron chi connectivity index (χ3n) is 6.01. The van der Waals surface area contributed by atoms with Gasteiger partial charge >= 0.3 is 0 Å². The molecule has 0 bridgehead atoms. The van der Waals surface area contributed by atoms with Crippen molar-refractivity contribution in [3.63, 3.8) is 0 Å². The van der Waals surface area contributed by atoms with E-state index >= 15 is 0 Å². The van der Waals surface area contributed by atoms with Crippen LogP contribution in [0.3, 0.4) is 0 Å². The number of aryl methyl sites for hydroxylation is 2. The molecular weight excluding hydrogens is 366 g/mol. The van der Waals surface area contributed by atoms with Crippen molar-refractivity contribution in [1.29, 1.82) is 0 Å². The zero-order valence-electron chi connectivity index (χ0n) is 17.0. The standard InChI is InChI=1S/C27H21N3/c1-18-10-3-5-12-20(18)21-13-9-17-25-26(21)30(23-15-7-4-11-19(23)2)27-28-22-14-6-8-16-24(22)29(25)27/h3-17H,1-2H3. The number of hydrogen-bond donors (Lipinski definition) is 0. The number of hydrogen-bond acceptors (Lipinski definition) is 1. The van der Waals surface area contributed by atoms with Gasteiger partial charge in [0.05, 0.1) is 27.8 Å². The molecule has 0 radical (unpaired) electrons. The fourth-order valence-electron chi connectivity index (χ4n) is 4.58. The third-order valence-corrected chi connectivity index (χ3v) is 6.01. The zero-order chi connectivity index (χ0) is 20.2. The van der Waals surface area contributed by atoms with Gasteiger partial charge in [-0.2, -0.15) is 0 Å². The van der Waals surface area contributed by atoms with Crippen LogP contribution in [0.4, 0.5) is 0 Å². The second-order valence-electron chi connectivity index (χ2n) is 7.85. The van der Waals surface area contributed by atoms with E-state index in [2.05, 4.69) is 108 Å². The highest BCUT2D eigenvalue weighted by Gasteiger charge is 2.21. The van der Waals surface area contributed by atoms with Crippen LogP contribution in [0.1, 0.15) is 11.1 Å². The summed E-state index contributed by atoms with van der Waals surface area (Å²) in [6, 6.07) is 32.1. The van der Waals surface area contributed by atoms with Gasteiger partial charge < -0.3 is 0 Å². The minimum atomic E-state index is 0.946. The number of nitrogens with zero attached hydrogens (tertiary/aromatic N) is 3. The molecule has 2 aromatic heterocycles. The van der Waals surface area contributed by atoms with Crippen molar-refractivity contribution in [1.82, 2.24) is 14.0 Å². The average molecular weight is 387 g/mol. The van der Waals surface area contributed by atoms with Crippen molar-refractivity contribution in [3.05, 3.63) is 102 Å². The summed E-state index contributed by atoms with van der Waals surface area (Å²) in [5.74, 6) is 0.946. The van der Waals surface area contributed by atoms with Crippen molar-refractivity contribution in [2.45, 2.75) is 13.8 Å². The van der Waals surface area contributed by atoms with E-state index in [1.807, 2.05) is 6.07 Å². The highest BCUT2D eigenvalue weighted by molar-refractivity contribution is 6.00. The quantitative estimate of drug-likeness (QED) is 0.323. The molecule has 2 heterocycles. The maximum absolute atomic E-state index is 5.05. The first kappa shape index (κ1) is 17.0. The van der Waals surface area contributed by atoms with Crippen molar-refractivity contribution < 1.29 is 0 Å². The molecule has 0 spiro atoms. The number of imidazole rings is 2. The molecule has 144 valence electrons. The van der Waals surface area contributed by atoms with Gasteiger partial charge in [0, 0.05) is 5.56 Å². The first-order chi connectivity index (χ1) is 14.7. The van der Waals surface area contributed by atoms with E-state index in [0.717, 1.165) is 22.5 Å². The molecule has 0 saturated heterocycles. The van der Waals surface area contributed by atoms with Gasteiger partial charge in [-0.25, -0.2) is 4.98 Å². The molecule has 0 amide bonds. The highest BCUT2D eigenvalue weighted by Crippen LogP contribution is 2.37. The zero-order valence-corrected chi connectivity index (χ0v) is 17.0. The topological polar surface area (TPSA) is 22.2 Å². The van der Waals surface area contributed by atoms with E-state index < -0.39 is 0 Å². The maximum atomic E-state index is 5.05. The first-order valence-electron chi connectivity index (χ1n) is 10.3. The average Bonchev–Trinajstić information content (AvgIpc) is 3.29. The van der Waals surface area contributed by atoms with Crippen LogP contribution in [-0.4, -0.2) is 14.0 Å². The predicted octanol–water partition coefficient (Wildman–Crippen LogP) is 6.72. The highest BCUT2D eigenvalue weighted by atomic mass is 15.2. The van der Waals surface area contributed by atoms with Gasteiger partial charge in [-0.1, -0.05) is 66.7 Å². The molecule has 3 nitrogen and oxygen atoms in total. The third kappa shape index (κ3) is 2.29. The van der Waals surface area contributed by atoms with E-state index in [-0.39, 0.29) is 0 Å². The maximum Gasteiger partial charge on any atom is 0.220 e. The molecule has 0 saturated carbocycles. The Labute approximate surface area is 174 Å². The van der Waals surface area contributed by atoms with Crippen LogP contribution in [0, 0.1) is 13.8 Å². The van der Waals surface area contributed by atoms with Crippen LogP contribution in [0.5, 0.6) is 0 Å². The molecule has 6 rings (SSSR count). The van der Waals surface area contributed by atoms with E-state index in [9.17, 15) is 0 Å². The van der Waals surface area contributed by atoms with Crippen molar-refractivity contribution in [2.75, 3.05) is 0 Å². The Hall–Kier alpha value is -3.85. The van der Waals surface area contributed by atoms with Gasteiger partial charge in [0.15, 0.2) is 0 Å². The monoisotopic (exact) mass is 387 g/mol. The minimum absolute atomic E-state index is 0.946. The van der Waals surface area contributed by atoms with Crippen LogP contribution in [0.15, 0.2) is 91.0 Å². The minimum Gasteiger partial charge on any atom is -0.277 e. The SMILES string of the molecule is Cc1ccccc1-c1cccc2c1n(-c1ccccc1C)c1nc3ccccc3n21. The Morgan fingerprint density at radius 2 is 1.27 bits per heavy atom. The molecule has 0 unspecified atom stereocenters. The molecule has 6 aromatic rings. The summed E-state index contributed by atoms with van der Waals surface area (Å²) in [5.41, 5.74) is 10.6. The van der Waals surface area contributed by atoms with Crippen LogP contribution >= 0.6 is 0 Å². The summed E-state index contributed by atoms with van der Waals surface area (Å²) in [6.45, 7) is 4.34. The fourth-order valence-corrected chi connectivity index (χ4v) is 4.58. The Balaban J connectivity index is 1.88. The smallest absolute Gasteiger partial charge is 0.220 e. The van der Waals surface area contributed by atoms with Gasteiger partial charge in [-0.05, 0) is 54.8 Å². The molecule has 0 N–H and O–H groups in total. The second-order valence-corrected chi connectivity index (χ2v) is 7.85. The number of benzene rings is 4. The van der Waals surface area contributed by atoms with Gasteiger partial charge in [-0.15, -0.1) is 0 Å². The summed E-state index contributed by atoms with van der Waals surface area (Å²) in [4.78, 5) is 5.05. The van der Waals surface area contributed by atoms with Crippen molar-refractivity contribution >= 4 is 27.8 Å². The molecule has 30 heavy (non-hydrogen) atoms. The lowest BCUT2D eigenvalue weighted by Gasteiger charge is -2.13. The summed E-state index contributed by atoms with van der Waals surface area (Å²) in [6.07, 6.45) is 0. The summed E-state index contributed by atoms with van der Waals surface area (Å²) < 4.78 is 4.62. The Morgan fingerprint density at radius 3 is 2.10 bits per heavy atom. The molecule has 0 aliphatic rings. The second kappa shape index (κ2) is 6.33. The summed E-state index contributed by atoms with van der Waals surface area (Å²) >= 11 is 0. The van der Waals surface area contributed by atoms with Crippen molar-refractivity contribution in [2.24, 2.45) is 0 Å². The summed E-state index contributed by atoms with van der Waals surface area (Å²) in [7, 11) is 0. The number of rotatable bonds is 2. The predicted molar refractivity (Wildman–Crippen MR) is 124 cm³/mol. The normalized spacial score (nSPS) is 11.7. The lowest BCUT2D eigenvalue weighted by Crippen LogP contribution is -1.99. The Kier molecular flexibility index (Phi) is 3.59. The lowest BCUT2D eigenvalue weighted by atomic mass is 9.99. The van der Waals surface area contributed by atoms with Crippen molar-refractivity contribution in [3.8, 4) is 16.8 Å². The lowest BCUT2D eigenvalue weighted by molar-refractivity contribution is 1.09. The van der Waals surface area contributed by atoms with E-state index in [1.165, 1.54) is 33.3 Å². The molecular formula is C27H21N3. The Morgan fingerprint density at radius 1 is 0.600 bits per heavy atom. The van der Waals surface area contributed by atoms with Crippen LogP contribution < -0.4 is 0 Å². The molecule has 0 atom stereocenters. The number of aromatic nitrogens is 3. The number of fused-ring (bicyclic) bond motifs is 5. The van der Waals surface area contributed by atoms with E-state index in [0.29, 0.717) is 0 Å². The first-order valence-corrected chi connectivity index (χ1v) is 10.3. The molecule has 3 heteroatoms. The van der Waals surface area contributed by atoms with E-state index in [1.54, 1.807) is 0 Å². The number of para-hydroxylation sites is 4. The molecule has 0 aliphatic carbocycles. The Bertz CT molecular complexity index is 1570. The van der Waals surface area contributed by atoms with Gasteiger partial charge in [-0.3, -0.25) is 8.97 Å². The molecule has 4 aromatic carbocycles. The van der Waals surface area contributed by atoms with Crippen LogP contribution in [0.2, 0.25) is 0 Å². The molecule has 0 fully saturated rings. The fraction of sp³-hybridized carbons (Fsp3) is 0.0741. The van der Waals surface area contributed by atoms with Gasteiger partial charge in [0.25, 0.3) is 0 Å². The summed E-state index contributed by atoms with van der Waals surface area (Å²) in [5, 5.41) is 0. The van der Waals surface area contributed by atoms with Gasteiger partial charge in [0.1, 0.15) is 0 Å². The van der Waals surface area contributed by atoms with Crippen LogP contribution in [-0.2, 0) is 0 Å². The largest absolute Gasteiger partial charge is 0.277 e. The molecule has 0 aliphatic heterocycles.